The number of aromatic nitrogens is 2. The van der Waals surface area contributed by atoms with Crippen LogP contribution in [0.25, 0.3) is 22.5 Å². The van der Waals surface area contributed by atoms with Crippen LogP contribution in [0, 0.1) is 37.1 Å². The number of benzene rings is 2. The van der Waals surface area contributed by atoms with Crippen LogP contribution in [0.2, 0.25) is 0 Å². The number of hydrogen-bond donors (Lipinski definition) is 1. The van der Waals surface area contributed by atoms with Gasteiger partial charge < -0.3 is 14.2 Å². The zero-order chi connectivity index (χ0) is 21.6. The lowest BCUT2D eigenvalue weighted by atomic mass is 9.93. The van der Waals surface area contributed by atoms with Gasteiger partial charge in [0.25, 0.3) is 0 Å². The summed E-state index contributed by atoms with van der Waals surface area (Å²) >= 11 is 0. The molecular formula is C21H14F4N2O3. The summed E-state index contributed by atoms with van der Waals surface area (Å²) in [5.41, 5.74) is -0.129. The van der Waals surface area contributed by atoms with Crippen LogP contribution in [0.1, 0.15) is 28.8 Å². The second-order valence-corrected chi connectivity index (χ2v) is 6.65. The summed E-state index contributed by atoms with van der Waals surface area (Å²) in [6, 6.07) is 5.78. The van der Waals surface area contributed by atoms with E-state index in [1.807, 2.05) is 0 Å². The maximum atomic E-state index is 14.3. The first-order valence-corrected chi connectivity index (χ1v) is 8.79. The molecule has 0 atom stereocenters. The van der Waals surface area contributed by atoms with Crippen molar-refractivity contribution >= 4 is 0 Å². The maximum absolute atomic E-state index is 14.3. The van der Waals surface area contributed by atoms with Crippen molar-refractivity contribution in [1.29, 1.82) is 0 Å². The van der Waals surface area contributed by atoms with Gasteiger partial charge in [-0.1, -0.05) is 10.3 Å². The van der Waals surface area contributed by atoms with Crippen LogP contribution in [0.5, 0.6) is 0 Å². The molecule has 4 rings (SSSR count). The van der Waals surface area contributed by atoms with E-state index in [0.29, 0.717) is 12.1 Å². The molecule has 4 aromatic rings. The van der Waals surface area contributed by atoms with Crippen molar-refractivity contribution in [1.82, 2.24) is 10.3 Å². The average molecular weight is 418 g/mol. The summed E-state index contributed by atoms with van der Waals surface area (Å²) in [5, 5.41) is 18.7. The first kappa shape index (κ1) is 19.8. The molecule has 0 saturated heterocycles. The largest absolute Gasteiger partial charge is 0.383 e. The van der Waals surface area contributed by atoms with E-state index in [1.54, 1.807) is 0 Å². The predicted octanol–water partition coefficient (Wildman–Crippen LogP) is 5.25. The molecule has 0 aliphatic rings. The number of aliphatic hydroxyl groups excluding tert-OH is 1. The predicted molar refractivity (Wildman–Crippen MR) is 97.2 cm³/mol. The smallest absolute Gasteiger partial charge is 0.140 e. The van der Waals surface area contributed by atoms with Crippen LogP contribution in [0.4, 0.5) is 17.6 Å². The fourth-order valence-electron chi connectivity index (χ4n) is 3.30. The third-order valence-electron chi connectivity index (χ3n) is 4.74. The maximum Gasteiger partial charge on any atom is 0.140 e. The van der Waals surface area contributed by atoms with E-state index in [9.17, 15) is 22.7 Å². The molecule has 30 heavy (non-hydrogen) atoms. The number of aryl methyl sites for hydroxylation is 2. The topological polar surface area (TPSA) is 72.3 Å². The van der Waals surface area contributed by atoms with Crippen molar-refractivity contribution < 1.29 is 31.7 Å². The molecule has 9 heteroatoms. The summed E-state index contributed by atoms with van der Waals surface area (Å²) in [7, 11) is 0. The Bertz CT molecular complexity index is 1150. The summed E-state index contributed by atoms with van der Waals surface area (Å²) < 4.78 is 65.5. The molecular weight excluding hydrogens is 404 g/mol. The molecule has 0 bridgehead atoms. The number of aliphatic hydroxyl groups is 1. The van der Waals surface area contributed by atoms with E-state index in [4.69, 9.17) is 9.05 Å². The van der Waals surface area contributed by atoms with E-state index in [-0.39, 0.29) is 45.2 Å². The minimum atomic E-state index is -1.50. The highest BCUT2D eigenvalue weighted by atomic mass is 19.1. The van der Waals surface area contributed by atoms with Crippen LogP contribution < -0.4 is 0 Å². The van der Waals surface area contributed by atoms with Gasteiger partial charge in [0, 0.05) is 23.3 Å². The van der Waals surface area contributed by atoms with Gasteiger partial charge in [0.2, 0.25) is 0 Å². The summed E-state index contributed by atoms with van der Waals surface area (Å²) in [4.78, 5) is 0. The quantitative estimate of drug-likeness (QED) is 0.458. The van der Waals surface area contributed by atoms with Gasteiger partial charge in [-0.2, -0.15) is 0 Å². The van der Waals surface area contributed by atoms with Gasteiger partial charge >= 0.3 is 0 Å². The van der Waals surface area contributed by atoms with Gasteiger partial charge in [-0.3, -0.25) is 0 Å². The van der Waals surface area contributed by atoms with Gasteiger partial charge in [0.15, 0.2) is 0 Å². The first-order valence-electron chi connectivity index (χ1n) is 8.79. The van der Waals surface area contributed by atoms with Crippen molar-refractivity contribution in [2.24, 2.45) is 0 Å². The highest BCUT2D eigenvalue weighted by molar-refractivity contribution is 5.69. The van der Waals surface area contributed by atoms with Crippen molar-refractivity contribution in [2.75, 3.05) is 0 Å². The Labute approximate surface area is 167 Å². The van der Waals surface area contributed by atoms with Crippen molar-refractivity contribution in [2.45, 2.75) is 20.0 Å². The molecule has 0 radical (unpaired) electrons. The molecule has 154 valence electrons. The van der Waals surface area contributed by atoms with Crippen molar-refractivity contribution in [3.05, 3.63) is 82.3 Å². The Morgan fingerprint density at radius 2 is 1.13 bits per heavy atom. The standard InChI is InChI=1S/C21H14F4N2O3/c1-9-17(19(26-29-9)13-5-3-11(22)7-15(13)24)21(28)18-10(2)30-27-20(18)14-6-4-12(23)8-16(14)25/h3-8,21,28H,1-2H3. The highest BCUT2D eigenvalue weighted by Gasteiger charge is 2.31. The lowest BCUT2D eigenvalue weighted by molar-refractivity contribution is 0.216. The number of halogens is 4. The molecule has 2 heterocycles. The van der Waals surface area contributed by atoms with Crippen LogP contribution in [-0.4, -0.2) is 15.4 Å². The Kier molecular flexibility index (Phi) is 4.90. The van der Waals surface area contributed by atoms with E-state index in [1.165, 1.54) is 26.0 Å². The fourth-order valence-corrected chi connectivity index (χ4v) is 3.30. The summed E-state index contributed by atoms with van der Waals surface area (Å²) in [5.74, 6) is -3.03. The minimum absolute atomic E-state index is 0.0522. The van der Waals surface area contributed by atoms with Crippen molar-refractivity contribution in [3.8, 4) is 22.5 Å². The number of hydrogen-bond acceptors (Lipinski definition) is 5. The lowest BCUT2D eigenvalue weighted by Gasteiger charge is -2.13. The van der Waals surface area contributed by atoms with Gasteiger partial charge in [-0.15, -0.1) is 0 Å². The molecule has 0 saturated carbocycles. The molecule has 0 spiro atoms. The van der Waals surface area contributed by atoms with Crippen LogP contribution in [-0.2, 0) is 0 Å². The van der Waals surface area contributed by atoms with E-state index in [2.05, 4.69) is 10.3 Å². The molecule has 5 nitrogen and oxygen atoms in total. The van der Waals surface area contributed by atoms with Crippen molar-refractivity contribution in [3.63, 3.8) is 0 Å². The Morgan fingerprint density at radius 3 is 1.50 bits per heavy atom. The lowest BCUT2D eigenvalue weighted by Crippen LogP contribution is -2.05. The molecule has 1 N–H and O–H groups in total. The molecule has 0 aliphatic carbocycles. The highest BCUT2D eigenvalue weighted by Crippen LogP contribution is 2.40. The molecule has 0 amide bonds. The molecule has 2 aromatic carbocycles. The molecule has 0 unspecified atom stereocenters. The minimum Gasteiger partial charge on any atom is -0.383 e. The third kappa shape index (κ3) is 3.26. The van der Waals surface area contributed by atoms with Gasteiger partial charge in [0.1, 0.15) is 52.3 Å². The van der Waals surface area contributed by atoms with Gasteiger partial charge in [0.05, 0.1) is 11.1 Å². The number of nitrogens with zero attached hydrogens (tertiary/aromatic N) is 2. The molecule has 2 aromatic heterocycles. The summed E-state index contributed by atoms with van der Waals surface area (Å²) in [6.07, 6.45) is -1.50. The normalized spacial score (nSPS) is 11.5. The Balaban J connectivity index is 1.87. The zero-order valence-electron chi connectivity index (χ0n) is 15.7. The summed E-state index contributed by atoms with van der Waals surface area (Å²) in [6.45, 7) is 2.99. The molecule has 0 fully saturated rings. The van der Waals surface area contributed by atoms with E-state index in [0.717, 1.165) is 12.1 Å². The van der Waals surface area contributed by atoms with Crippen LogP contribution >= 0.6 is 0 Å². The first-order chi connectivity index (χ1) is 14.3. The zero-order valence-corrected chi connectivity index (χ0v) is 15.7. The van der Waals surface area contributed by atoms with Gasteiger partial charge in [-0.25, -0.2) is 17.6 Å². The fraction of sp³-hybridized carbons (Fsp3) is 0.143. The van der Waals surface area contributed by atoms with E-state index < -0.39 is 29.4 Å². The molecule has 0 aliphatic heterocycles. The average Bonchev–Trinajstić information content (AvgIpc) is 3.24. The third-order valence-corrected chi connectivity index (χ3v) is 4.74. The van der Waals surface area contributed by atoms with Crippen LogP contribution in [0.3, 0.4) is 0 Å². The number of rotatable bonds is 4. The monoisotopic (exact) mass is 418 g/mol. The van der Waals surface area contributed by atoms with Crippen LogP contribution in [0.15, 0.2) is 45.4 Å². The van der Waals surface area contributed by atoms with Gasteiger partial charge in [-0.05, 0) is 38.1 Å². The Hall–Kier alpha value is -3.46. The second kappa shape index (κ2) is 7.42. The SMILES string of the molecule is Cc1onc(-c2ccc(F)cc2F)c1C(O)c1c(-c2ccc(F)cc2F)noc1C. The Morgan fingerprint density at radius 1 is 0.733 bits per heavy atom. The second-order valence-electron chi connectivity index (χ2n) is 6.65. The van der Waals surface area contributed by atoms with E-state index >= 15 is 0 Å².